The Morgan fingerprint density at radius 2 is 1.90 bits per heavy atom. The lowest BCUT2D eigenvalue weighted by molar-refractivity contribution is -0.113. The number of anilines is 1. The smallest absolute Gasteiger partial charge is 0.234 e. The maximum absolute atomic E-state index is 12.6. The zero-order valence-electron chi connectivity index (χ0n) is 17.7. The van der Waals surface area contributed by atoms with E-state index in [2.05, 4.69) is 66.0 Å². The Morgan fingerprint density at radius 3 is 2.59 bits per heavy atom. The number of hydrogen-bond acceptors (Lipinski definition) is 4. The summed E-state index contributed by atoms with van der Waals surface area (Å²) in [4.78, 5) is 12.6. The summed E-state index contributed by atoms with van der Waals surface area (Å²) in [5, 5.41) is 12.6. The second-order valence-electron chi connectivity index (χ2n) is 7.45. The standard InChI is InChI=1S/C23H28N4OS/c1-6-27-22(18-11-7-9-16(4)13-18)25-26-23(27)29-14-20(28)24-21-17(5)10-8-12-19(21)15(2)3/h7-13,15H,6,14H2,1-5H3,(H,24,28). The Hall–Kier alpha value is -2.60. The minimum atomic E-state index is -0.0334. The Bertz CT molecular complexity index is 1010. The van der Waals surface area contributed by atoms with Gasteiger partial charge in [-0.15, -0.1) is 10.2 Å². The van der Waals surface area contributed by atoms with Crippen LogP contribution in [0, 0.1) is 13.8 Å². The van der Waals surface area contributed by atoms with Gasteiger partial charge in [-0.25, -0.2) is 0 Å². The van der Waals surface area contributed by atoms with E-state index in [4.69, 9.17) is 0 Å². The van der Waals surface area contributed by atoms with Gasteiger partial charge >= 0.3 is 0 Å². The number of benzene rings is 2. The van der Waals surface area contributed by atoms with Crippen molar-refractivity contribution in [2.75, 3.05) is 11.1 Å². The molecule has 6 heteroatoms. The van der Waals surface area contributed by atoms with Crippen molar-refractivity contribution in [3.05, 3.63) is 59.2 Å². The first kappa shape index (κ1) is 21.1. The predicted octanol–water partition coefficient (Wildman–Crippen LogP) is 5.44. The maximum Gasteiger partial charge on any atom is 0.234 e. The fraction of sp³-hybridized carbons (Fsp3) is 0.348. The number of nitrogens with zero attached hydrogens (tertiary/aromatic N) is 3. The minimum absolute atomic E-state index is 0.0334. The monoisotopic (exact) mass is 408 g/mol. The third kappa shape index (κ3) is 4.88. The highest BCUT2D eigenvalue weighted by Gasteiger charge is 2.16. The van der Waals surface area contributed by atoms with E-state index in [9.17, 15) is 4.79 Å². The molecular weight excluding hydrogens is 380 g/mol. The van der Waals surface area contributed by atoms with E-state index in [0.29, 0.717) is 5.92 Å². The van der Waals surface area contributed by atoms with Gasteiger partial charge in [0.15, 0.2) is 11.0 Å². The summed E-state index contributed by atoms with van der Waals surface area (Å²) in [6, 6.07) is 14.4. The highest BCUT2D eigenvalue weighted by Crippen LogP contribution is 2.28. The molecule has 0 aliphatic carbocycles. The van der Waals surface area contributed by atoms with Crippen LogP contribution in [0.15, 0.2) is 47.6 Å². The van der Waals surface area contributed by atoms with Crippen molar-refractivity contribution in [2.24, 2.45) is 0 Å². The molecule has 1 N–H and O–H groups in total. The van der Waals surface area contributed by atoms with Crippen LogP contribution in [0.2, 0.25) is 0 Å². The van der Waals surface area contributed by atoms with E-state index in [1.807, 2.05) is 31.2 Å². The molecule has 0 aliphatic heterocycles. The van der Waals surface area contributed by atoms with Gasteiger partial charge in [0.05, 0.1) is 5.75 Å². The molecule has 5 nitrogen and oxygen atoms in total. The molecule has 0 saturated carbocycles. The molecule has 0 spiro atoms. The van der Waals surface area contributed by atoms with E-state index in [-0.39, 0.29) is 11.7 Å². The first-order valence-corrected chi connectivity index (χ1v) is 10.9. The van der Waals surface area contributed by atoms with Gasteiger partial charge in [-0.1, -0.05) is 67.6 Å². The number of hydrogen-bond donors (Lipinski definition) is 1. The van der Waals surface area contributed by atoms with Gasteiger partial charge in [0, 0.05) is 17.8 Å². The van der Waals surface area contributed by atoms with Crippen molar-refractivity contribution in [3.8, 4) is 11.4 Å². The summed E-state index contributed by atoms with van der Waals surface area (Å²) in [5.74, 6) is 1.43. The Morgan fingerprint density at radius 1 is 1.14 bits per heavy atom. The normalized spacial score (nSPS) is 11.1. The van der Waals surface area contributed by atoms with Crippen LogP contribution in [0.25, 0.3) is 11.4 Å². The lowest BCUT2D eigenvalue weighted by atomic mass is 9.98. The zero-order chi connectivity index (χ0) is 21.0. The Kier molecular flexibility index (Phi) is 6.75. The van der Waals surface area contributed by atoms with Gasteiger partial charge in [-0.3, -0.25) is 4.79 Å². The third-order valence-corrected chi connectivity index (χ3v) is 5.80. The molecule has 3 rings (SSSR count). The van der Waals surface area contributed by atoms with Crippen LogP contribution >= 0.6 is 11.8 Å². The Balaban J connectivity index is 1.73. The molecule has 0 atom stereocenters. The molecule has 29 heavy (non-hydrogen) atoms. The number of aryl methyl sites for hydroxylation is 2. The topological polar surface area (TPSA) is 59.8 Å². The molecule has 0 radical (unpaired) electrons. The first-order chi connectivity index (χ1) is 13.9. The van der Waals surface area contributed by atoms with E-state index in [1.54, 1.807) is 0 Å². The fourth-order valence-electron chi connectivity index (χ4n) is 3.33. The van der Waals surface area contributed by atoms with Crippen LogP contribution in [-0.4, -0.2) is 26.4 Å². The molecule has 2 aromatic carbocycles. The number of rotatable bonds is 7. The SMILES string of the molecule is CCn1c(SCC(=O)Nc2c(C)cccc2C(C)C)nnc1-c1cccc(C)c1. The van der Waals surface area contributed by atoms with Gasteiger partial charge in [-0.2, -0.15) is 0 Å². The van der Waals surface area contributed by atoms with Crippen LogP contribution in [0.3, 0.4) is 0 Å². The molecule has 0 saturated heterocycles. The quantitative estimate of drug-likeness (QED) is 0.529. The molecule has 1 aromatic heterocycles. The van der Waals surface area contributed by atoms with Crippen LogP contribution in [0.1, 0.15) is 43.4 Å². The molecular formula is C23H28N4OS. The average Bonchev–Trinajstić information content (AvgIpc) is 3.10. The van der Waals surface area contributed by atoms with Gasteiger partial charge in [0.1, 0.15) is 0 Å². The van der Waals surface area contributed by atoms with Crippen molar-refractivity contribution in [3.63, 3.8) is 0 Å². The summed E-state index contributed by atoms with van der Waals surface area (Å²) in [5.41, 5.74) is 5.37. The molecule has 0 bridgehead atoms. The lowest BCUT2D eigenvalue weighted by Gasteiger charge is -2.16. The number of carbonyl (C=O) groups excluding carboxylic acids is 1. The van der Waals surface area contributed by atoms with E-state index < -0.39 is 0 Å². The number of thioether (sulfide) groups is 1. The molecule has 0 fully saturated rings. The third-order valence-electron chi connectivity index (χ3n) is 4.83. The predicted molar refractivity (Wildman–Crippen MR) is 120 cm³/mol. The van der Waals surface area contributed by atoms with Crippen molar-refractivity contribution in [1.82, 2.24) is 14.8 Å². The Labute approximate surface area is 176 Å². The van der Waals surface area contributed by atoms with Crippen molar-refractivity contribution < 1.29 is 4.79 Å². The lowest BCUT2D eigenvalue weighted by Crippen LogP contribution is -2.17. The van der Waals surface area contributed by atoms with Gasteiger partial charge in [0.2, 0.25) is 5.91 Å². The number of para-hydroxylation sites is 1. The van der Waals surface area contributed by atoms with Crippen molar-refractivity contribution >= 4 is 23.4 Å². The van der Waals surface area contributed by atoms with E-state index in [1.165, 1.54) is 17.3 Å². The van der Waals surface area contributed by atoms with Crippen LogP contribution in [0.4, 0.5) is 5.69 Å². The zero-order valence-corrected chi connectivity index (χ0v) is 18.5. The fourth-order valence-corrected chi connectivity index (χ4v) is 4.13. The number of nitrogens with one attached hydrogen (secondary N) is 1. The highest BCUT2D eigenvalue weighted by atomic mass is 32.2. The summed E-state index contributed by atoms with van der Waals surface area (Å²) in [7, 11) is 0. The number of aromatic nitrogens is 3. The largest absolute Gasteiger partial charge is 0.325 e. The van der Waals surface area contributed by atoms with Gasteiger partial charge in [0.25, 0.3) is 0 Å². The van der Waals surface area contributed by atoms with Crippen molar-refractivity contribution in [2.45, 2.75) is 52.2 Å². The average molecular weight is 409 g/mol. The summed E-state index contributed by atoms with van der Waals surface area (Å²) >= 11 is 1.42. The molecule has 1 amide bonds. The van der Waals surface area contributed by atoms with Crippen molar-refractivity contribution in [1.29, 1.82) is 0 Å². The minimum Gasteiger partial charge on any atom is -0.325 e. The second kappa shape index (κ2) is 9.27. The van der Waals surface area contributed by atoms with Crippen LogP contribution in [0.5, 0.6) is 0 Å². The molecule has 3 aromatic rings. The summed E-state index contributed by atoms with van der Waals surface area (Å²) in [6.07, 6.45) is 0. The van der Waals surface area contributed by atoms with E-state index >= 15 is 0 Å². The maximum atomic E-state index is 12.6. The second-order valence-corrected chi connectivity index (χ2v) is 8.39. The number of carbonyl (C=O) groups is 1. The van der Waals surface area contributed by atoms with Gasteiger partial charge in [-0.05, 0) is 43.9 Å². The van der Waals surface area contributed by atoms with E-state index in [0.717, 1.165) is 39.9 Å². The van der Waals surface area contributed by atoms with Gasteiger partial charge < -0.3 is 9.88 Å². The molecule has 152 valence electrons. The summed E-state index contributed by atoms with van der Waals surface area (Å²) < 4.78 is 2.06. The highest BCUT2D eigenvalue weighted by molar-refractivity contribution is 7.99. The van der Waals surface area contributed by atoms with Crippen LogP contribution < -0.4 is 5.32 Å². The van der Waals surface area contributed by atoms with Crippen LogP contribution in [-0.2, 0) is 11.3 Å². The summed E-state index contributed by atoms with van der Waals surface area (Å²) in [6.45, 7) is 11.2. The number of amides is 1. The molecule has 1 heterocycles. The molecule has 0 unspecified atom stereocenters. The first-order valence-electron chi connectivity index (χ1n) is 9.93. The molecule has 0 aliphatic rings.